The van der Waals surface area contributed by atoms with E-state index in [1.807, 2.05) is 0 Å². The van der Waals surface area contributed by atoms with Gasteiger partial charge in [-0.3, -0.25) is 4.79 Å². The van der Waals surface area contributed by atoms with Crippen molar-refractivity contribution in [3.63, 3.8) is 0 Å². The summed E-state index contributed by atoms with van der Waals surface area (Å²) in [5, 5.41) is 11.8. The van der Waals surface area contributed by atoms with Gasteiger partial charge in [0.25, 0.3) is 0 Å². The van der Waals surface area contributed by atoms with Crippen LogP contribution in [0.25, 0.3) is 0 Å². The van der Waals surface area contributed by atoms with Crippen LogP contribution in [0, 0.1) is 22.7 Å². The first-order valence-electron chi connectivity index (χ1n) is 11.4. The Morgan fingerprint density at radius 3 is 2.38 bits per heavy atom. The quantitative estimate of drug-likeness (QED) is 0.703. The fourth-order valence-corrected chi connectivity index (χ4v) is 5.37. The van der Waals surface area contributed by atoms with Gasteiger partial charge < -0.3 is 24.8 Å². The van der Waals surface area contributed by atoms with Gasteiger partial charge in [-0.1, -0.05) is 0 Å². The molecule has 1 N–H and O–H groups in total. The molecule has 34 heavy (non-hydrogen) atoms. The molecule has 3 aliphatic rings. The van der Waals surface area contributed by atoms with E-state index < -0.39 is 28.6 Å². The number of hydrogen-bond donors (Lipinski definition) is 1. The van der Waals surface area contributed by atoms with Gasteiger partial charge in [-0.25, -0.2) is 4.79 Å². The predicted molar refractivity (Wildman–Crippen MR) is 117 cm³/mol. The van der Waals surface area contributed by atoms with E-state index in [-0.39, 0.29) is 18.5 Å². The third kappa shape index (κ3) is 4.51. The third-order valence-corrected chi connectivity index (χ3v) is 7.32. The Hall–Kier alpha value is -3.00. The molecular weight excluding hydrogens is 451 g/mol. The molecule has 1 atom stereocenters. The van der Waals surface area contributed by atoms with Crippen molar-refractivity contribution in [3.05, 3.63) is 29.3 Å². The molecular formula is C23H28F3N5O3. The Bertz CT molecular complexity index is 979. The lowest BCUT2D eigenvalue weighted by Crippen LogP contribution is -2.54. The van der Waals surface area contributed by atoms with Crippen molar-refractivity contribution >= 4 is 17.6 Å². The first-order chi connectivity index (χ1) is 16.2. The van der Waals surface area contributed by atoms with Gasteiger partial charge in [0.2, 0.25) is 5.91 Å². The molecule has 0 radical (unpaired) electrons. The molecule has 3 fully saturated rings. The van der Waals surface area contributed by atoms with Gasteiger partial charge in [-0.2, -0.15) is 18.4 Å². The summed E-state index contributed by atoms with van der Waals surface area (Å²) in [6.45, 7) is 3.79. The predicted octanol–water partition coefficient (Wildman–Crippen LogP) is 2.29. The van der Waals surface area contributed by atoms with Crippen LogP contribution in [0.15, 0.2) is 18.2 Å². The van der Waals surface area contributed by atoms with E-state index in [0.29, 0.717) is 64.5 Å². The largest absolute Gasteiger partial charge is 0.417 e. The maximum Gasteiger partial charge on any atom is 0.417 e. The maximum absolute atomic E-state index is 13.5. The number of carbonyl (C=O) groups excluding carboxylic acids is 2. The number of nitrogens with one attached hydrogen (secondary N) is 1. The van der Waals surface area contributed by atoms with Crippen LogP contribution >= 0.6 is 0 Å². The number of benzene rings is 1. The van der Waals surface area contributed by atoms with Crippen LogP contribution in [0.5, 0.6) is 0 Å². The number of carbonyl (C=O) groups is 2. The first kappa shape index (κ1) is 24.1. The van der Waals surface area contributed by atoms with Crippen LogP contribution in [0.1, 0.15) is 24.0 Å². The molecule has 1 aromatic carbocycles. The molecule has 1 spiro atoms. The van der Waals surface area contributed by atoms with E-state index in [9.17, 15) is 22.8 Å². The van der Waals surface area contributed by atoms with Gasteiger partial charge >= 0.3 is 12.2 Å². The summed E-state index contributed by atoms with van der Waals surface area (Å²) in [6, 6.07) is 5.25. The number of nitrogens with zero attached hydrogens (tertiary/aromatic N) is 4. The average Bonchev–Trinajstić information content (AvgIpc) is 3.22. The van der Waals surface area contributed by atoms with Gasteiger partial charge in [-0.05, 0) is 31.0 Å². The molecule has 1 unspecified atom stereocenters. The number of ether oxygens (including phenoxy) is 1. The molecule has 4 rings (SSSR count). The minimum atomic E-state index is -4.65. The Balaban J connectivity index is 1.54. The SMILES string of the molecule is CNC(=O)C1CN(c2ccc(C#N)c(C(F)(F)F)c2)CC12CCN(C(=O)N1CCOCC1)CC2. The second-order valence-electron chi connectivity index (χ2n) is 9.12. The molecule has 3 saturated heterocycles. The smallest absolute Gasteiger partial charge is 0.378 e. The summed E-state index contributed by atoms with van der Waals surface area (Å²) in [7, 11) is 1.55. The van der Waals surface area contributed by atoms with E-state index in [1.165, 1.54) is 12.1 Å². The number of anilines is 1. The summed E-state index contributed by atoms with van der Waals surface area (Å²) in [5.74, 6) is -0.566. The summed E-state index contributed by atoms with van der Waals surface area (Å²) < 4.78 is 45.8. The van der Waals surface area contributed by atoms with Crippen molar-refractivity contribution in [3.8, 4) is 6.07 Å². The van der Waals surface area contributed by atoms with E-state index in [0.717, 1.165) is 6.07 Å². The first-order valence-corrected chi connectivity index (χ1v) is 11.4. The van der Waals surface area contributed by atoms with Crippen LogP contribution < -0.4 is 10.2 Å². The van der Waals surface area contributed by atoms with Crippen molar-refractivity contribution in [2.75, 3.05) is 64.4 Å². The van der Waals surface area contributed by atoms with Crippen molar-refractivity contribution in [2.24, 2.45) is 11.3 Å². The second kappa shape index (κ2) is 9.33. The summed E-state index contributed by atoms with van der Waals surface area (Å²) >= 11 is 0. The molecule has 184 valence electrons. The number of halogens is 3. The highest BCUT2D eigenvalue weighted by molar-refractivity contribution is 5.81. The number of amides is 3. The Morgan fingerprint density at radius 1 is 1.15 bits per heavy atom. The Labute approximate surface area is 196 Å². The molecule has 3 heterocycles. The highest BCUT2D eigenvalue weighted by Gasteiger charge is 2.52. The molecule has 11 heteroatoms. The molecule has 1 aromatic rings. The van der Waals surface area contributed by atoms with Gasteiger partial charge in [-0.15, -0.1) is 0 Å². The number of rotatable bonds is 2. The Kier molecular flexibility index (Phi) is 6.62. The van der Waals surface area contributed by atoms with E-state index in [2.05, 4.69) is 5.32 Å². The zero-order chi connectivity index (χ0) is 24.5. The minimum absolute atomic E-state index is 0.0357. The highest BCUT2D eigenvalue weighted by Crippen LogP contribution is 2.47. The average molecular weight is 480 g/mol. The fourth-order valence-electron chi connectivity index (χ4n) is 5.37. The molecule has 3 aliphatic heterocycles. The minimum Gasteiger partial charge on any atom is -0.378 e. The van der Waals surface area contributed by atoms with Crippen LogP contribution in [0.4, 0.5) is 23.7 Å². The lowest BCUT2D eigenvalue weighted by molar-refractivity contribution is -0.137. The van der Waals surface area contributed by atoms with Crippen molar-refractivity contribution in [1.29, 1.82) is 5.26 Å². The van der Waals surface area contributed by atoms with Crippen LogP contribution in [0.3, 0.4) is 0 Å². The van der Waals surface area contributed by atoms with E-state index in [4.69, 9.17) is 10.00 Å². The number of urea groups is 1. The van der Waals surface area contributed by atoms with Crippen LogP contribution in [-0.2, 0) is 15.7 Å². The number of nitriles is 1. The monoisotopic (exact) mass is 479 g/mol. The number of piperidine rings is 1. The molecule has 3 amide bonds. The van der Waals surface area contributed by atoms with Crippen LogP contribution in [0.2, 0.25) is 0 Å². The lowest BCUT2D eigenvalue weighted by Gasteiger charge is -2.43. The normalized spacial score (nSPS) is 22.6. The van der Waals surface area contributed by atoms with E-state index >= 15 is 0 Å². The molecule has 0 saturated carbocycles. The summed E-state index contributed by atoms with van der Waals surface area (Å²) in [6.07, 6.45) is -3.48. The van der Waals surface area contributed by atoms with Gasteiger partial charge in [0.15, 0.2) is 0 Å². The van der Waals surface area contributed by atoms with Gasteiger partial charge in [0.05, 0.1) is 36.3 Å². The lowest BCUT2D eigenvalue weighted by atomic mass is 9.70. The molecule has 0 bridgehead atoms. The summed E-state index contributed by atoms with van der Waals surface area (Å²) in [4.78, 5) is 31.0. The highest BCUT2D eigenvalue weighted by atomic mass is 19.4. The second-order valence-corrected chi connectivity index (χ2v) is 9.12. The number of alkyl halides is 3. The number of likely N-dealkylation sites (tertiary alicyclic amines) is 1. The summed E-state index contributed by atoms with van der Waals surface area (Å²) in [5.41, 5.74) is -1.52. The number of hydrogen-bond acceptors (Lipinski definition) is 5. The maximum atomic E-state index is 13.5. The zero-order valence-corrected chi connectivity index (χ0v) is 19.0. The Morgan fingerprint density at radius 2 is 1.79 bits per heavy atom. The topological polar surface area (TPSA) is 88.9 Å². The molecule has 0 aliphatic carbocycles. The van der Waals surface area contributed by atoms with Crippen molar-refractivity contribution < 1.29 is 27.5 Å². The van der Waals surface area contributed by atoms with Gasteiger partial charge in [0, 0.05) is 57.4 Å². The molecule has 0 aromatic heterocycles. The van der Waals surface area contributed by atoms with Crippen LogP contribution in [-0.4, -0.2) is 81.3 Å². The van der Waals surface area contributed by atoms with Gasteiger partial charge in [0.1, 0.15) is 0 Å². The van der Waals surface area contributed by atoms with Crippen molar-refractivity contribution in [2.45, 2.75) is 19.0 Å². The standard InChI is InChI=1S/C23H28F3N5O3/c1-28-20(32)19-14-31(17-3-2-16(13-27)18(12-17)23(24,25)26)15-22(19)4-6-29(7-5-22)21(33)30-8-10-34-11-9-30/h2-3,12,19H,4-11,14-15H2,1H3,(H,28,32). The zero-order valence-electron chi connectivity index (χ0n) is 19.0. The van der Waals surface area contributed by atoms with E-state index in [1.54, 1.807) is 27.8 Å². The number of morpholine rings is 1. The van der Waals surface area contributed by atoms with Crippen molar-refractivity contribution in [1.82, 2.24) is 15.1 Å². The fraction of sp³-hybridized carbons (Fsp3) is 0.609. The third-order valence-electron chi connectivity index (χ3n) is 7.32. The molecule has 8 nitrogen and oxygen atoms in total.